The van der Waals surface area contributed by atoms with Crippen molar-refractivity contribution in [3.63, 3.8) is 0 Å². The molecule has 3 N–H and O–H groups in total. The fraction of sp³-hybridized carbons (Fsp3) is 0.462. The van der Waals surface area contributed by atoms with Crippen molar-refractivity contribution >= 4 is 0 Å². The molecule has 1 unspecified atom stereocenters. The highest BCUT2D eigenvalue weighted by atomic mass is 16.3. The van der Waals surface area contributed by atoms with E-state index in [1.807, 2.05) is 36.1 Å². The van der Waals surface area contributed by atoms with Gasteiger partial charge in [0.05, 0.1) is 6.04 Å². The standard InChI is InChI=1S/C13H20N4O/c1-3-10-4-6-12(18-10)11(16-14)5-7-13-15-8-9-17(13)2/h4,6,8-9,11,16H,3,5,7,14H2,1-2H3. The van der Waals surface area contributed by atoms with Gasteiger partial charge in [-0.3, -0.25) is 5.84 Å². The summed E-state index contributed by atoms with van der Waals surface area (Å²) in [5.74, 6) is 8.53. The molecule has 0 saturated carbocycles. The average molecular weight is 248 g/mol. The number of aryl methyl sites for hydroxylation is 3. The van der Waals surface area contributed by atoms with Gasteiger partial charge >= 0.3 is 0 Å². The number of nitrogens with zero attached hydrogens (tertiary/aromatic N) is 2. The summed E-state index contributed by atoms with van der Waals surface area (Å²) >= 11 is 0. The first-order chi connectivity index (χ1) is 8.74. The molecular weight excluding hydrogens is 228 g/mol. The lowest BCUT2D eigenvalue weighted by Gasteiger charge is -2.13. The van der Waals surface area contributed by atoms with E-state index >= 15 is 0 Å². The van der Waals surface area contributed by atoms with Crippen molar-refractivity contribution in [2.45, 2.75) is 32.2 Å². The molecule has 98 valence electrons. The Labute approximate surface area is 107 Å². The Hall–Kier alpha value is -1.59. The molecule has 0 amide bonds. The second kappa shape index (κ2) is 5.84. The van der Waals surface area contributed by atoms with Crippen molar-refractivity contribution in [3.05, 3.63) is 41.9 Å². The van der Waals surface area contributed by atoms with Gasteiger partial charge in [-0.15, -0.1) is 0 Å². The highest BCUT2D eigenvalue weighted by molar-refractivity contribution is 5.11. The number of aromatic nitrogens is 2. The van der Waals surface area contributed by atoms with E-state index in [2.05, 4.69) is 17.3 Å². The molecule has 5 heteroatoms. The van der Waals surface area contributed by atoms with Crippen LogP contribution < -0.4 is 11.3 Å². The van der Waals surface area contributed by atoms with Gasteiger partial charge in [0.15, 0.2) is 0 Å². The van der Waals surface area contributed by atoms with Crippen LogP contribution in [0.15, 0.2) is 28.9 Å². The predicted octanol–water partition coefficient (Wildman–Crippen LogP) is 1.71. The van der Waals surface area contributed by atoms with E-state index in [0.717, 1.165) is 36.6 Å². The van der Waals surface area contributed by atoms with E-state index in [0.29, 0.717) is 0 Å². The highest BCUT2D eigenvalue weighted by Crippen LogP contribution is 2.20. The number of rotatable bonds is 6. The quantitative estimate of drug-likeness (QED) is 0.603. The lowest BCUT2D eigenvalue weighted by molar-refractivity contribution is 0.382. The molecular formula is C13H20N4O. The van der Waals surface area contributed by atoms with Crippen LogP contribution in [0.25, 0.3) is 0 Å². The predicted molar refractivity (Wildman–Crippen MR) is 69.7 cm³/mol. The van der Waals surface area contributed by atoms with Crippen LogP contribution in [-0.2, 0) is 19.9 Å². The van der Waals surface area contributed by atoms with Gasteiger partial charge in [0, 0.05) is 32.3 Å². The van der Waals surface area contributed by atoms with Crippen molar-refractivity contribution in [1.82, 2.24) is 15.0 Å². The minimum absolute atomic E-state index is 0.0296. The first-order valence-electron chi connectivity index (χ1n) is 6.25. The second-order valence-corrected chi connectivity index (χ2v) is 4.37. The molecule has 2 rings (SSSR count). The van der Waals surface area contributed by atoms with Gasteiger partial charge < -0.3 is 8.98 Å². The Morgan fingerprint density at radius 2 is 2.33 bits per heavy atom. The van der Waals surface area contributed by atoms with Gasteiger partial charge in [-0.05, 0) is 18.6 Å². The molecule has 0 bridgehead atoms. The van der Waals surface area contributed by atoms with E-state index in [1.54, 1.807) is 0 Å². The maximum Gasteiger partial charge on any atom is 0.122 e. The molecule has 0 spiro atoms. The van der Waals surface area contributed by atoms with Gasteiger partial charge in [0.1, 0.15) is 17.3 Å². The van der Waals surface area contributed by atoms with Crippen molar-refractivity contribution < 1.29 is 4.42 Å². The van der Waals surface area contributed by atoms with Crippen LogP contribution in [-0.4, -0.2) is 9.55 Å². The zero-order chi connectivity index (χ0) is 13.0. The van der Waals surface area contributed by atoms with E-state index in [4.69, 9.17) is 10.3 Å². The minimum Gasteiger partial charge on any atom is -0.464 e. The first-order valence-corrected chi connectivity index (χ1v) is 6.25. The smallest absolute Gasteiger partial charge is 0.122 e. The van der Waals surface area contributed by atoms with Gasteiger partial charge in [0.25, 0.3) is 0 Å². The summed E-state index contributed by atoms with van der Waals surface area (Å²) in [6.45, 7) is 2.07. The fourth-order valence-corrected chi connectivity index (χ4v) is 1.99. The zero-order valence-electron chi connectivity index (χ0n) is 10.9. The Morgan fingerprint density at radius 1 is 1.50 bits per heavy atom. The van der Waals surface area contributed by atoms with Crippen molar-refractivity contribution in [1.29, 1.82) is 0 Å². The molecule has 0 aliphatic heterocycles. The third-order valence-corrected chi connectivity index (χ3v) is 3.15. The van der Waals surface area contributed by atoms with Crippen LogP contribution in [0.4, 0.5) is 0 Å². The summed E-state index contributed by atoms with van der Waals surface area (Å²) in [5.41, 5.74) is 2.81. The average Bonchev–Trinajstić information content (AvgIpc) is 3.00. The van der Waals surface area contributed by atoms with Crippen molar-refractivity contribution in [2.75, 3.05) is 0 Å². The Bertz CT molecular complexity index is 489. The summed E-state index contributed by atoms with van der Waals surface area (Å²) < 4.78 is 7.74. The third-order valence-electron chi connectivity index (χ3n) is 3.15. The molecule has 2 aromatic rings. The maximum atomic E-state index is 5.72. The molecule has 5 nitrogen and oxygen atoms in total. The largest absolute Gasteiger partial charge is 0.464 e. The Balaban J connectivity index is 1.99. The fourth-order valence-electron chi connectivity index (χ4n) is 1.99. The van der Waals surface area contributed by atoms with E-state index in [-0.39, 0.29) is 6.04 Å². The third kappa shape index (κ3) is 2.80. The number of hydrogen-bond donors (Lipinski definition) is 2. The lowest BCUT2D eigenvalue weighted by atomic mass is 10.1. The second-order valence-electron chi connectivity index (χ2n) is 4.37. The SMILES string of the molecule is CCc1ccc(C(CCc2nccn2C)NN)o1. The number of imidazole rings is 1. The molecule has 2 aromatic heterocycles. The molecule has 0 saturated heterocycles. The molecule has 0 aromatic carbocycles. The van der Waals surface area contributed by atoms with E-state index in [9.17, 15) is 0 Å². The van der Waals surface area contributed by atoms with Crippen molar-refractivity contribution in [2.24, 2.45) is 12.9 Å². The van der Waals surface area contributed by atoms with Gasteiger partial charge in [-0.1, -0.05) is 6.92 Å². The van der Waals surface area contributed by atoms with Crippen LogP contribution in [0, 0.1) is 0 Å². The molecule has 2 heterocycles. The molecule has 0 aliphatic carbocycles. The summed E-state index contributed by atoms with van der Waals surface area (Å²) in [6.07, 6.45) is 6.37. The van der Waals surface area contributed by atoms with E-state index in [1.165, 1.54) is 0 Å². The van der Waals surface area contributed by atoms with Gasteiger partial charge in [-0.2, -0.15) is 0 Å². The summed E-state index contributed by atoms with van der Waals surface area (Å²) in [6, 6.07) is 4.02. The minimum atomic E-state index is 0.0296. The van der Waals surface area contributed by atoms with Gasteiger partial charge in [-0.25, -0.2) is 10.4 Å². The van der Waals surface area contributed by atoms with Crippen molar-refractivity contribution in [3.8, 4) is 0 Å². The van der Waals surface area contributed by atoms with Gasteiger partial charge in [0.2, 0.25) is 0 Å². The monoisotopic (exact) mass is 248 g/mol. The van der Waals surface area contributed by atoms with Crippen LogP contribution in [0.1, 0.15) is 36.7 Å². The van der Waals surface area contributed by atoms with Crippen LogP contribution in [0.3, 0.4) is 0 Å². The Kier molecular flexibility index (Phi) is 4.17. The number of hydrogen-bond acceptors (Lipinski definition) is 4. The normalized spacial score (nSPS) is 12.8. The highest BCUT2D eigenvalue weighted by Gasteiger charge is 2.14. The molecule has 1 atom stereocenters. The molecule has 0 fully saturated rings. The number of furan rings is 1. The Morgan fingerprint density at radius 3 is 2.89 bits per heavy atom. The lowest BCUT2D eigenvalue weighted by Crippen LogP contribution is -2.28. The molecule has 0 radical (unpaired) electrons. The van der Waals surface area contributed by atoms with Crippen LogP contribution in [0.5, 0.6) is 0 Å². The maximum absolute atomic E-state index is 5.72. The molecule has 18 heavy (non-hydrogen) atoms. The van der Waals surface area contributed by atoms with Crippen LogP contribution >= 0.6 is 0 Å². The number of nitrogens with two attached hydrogens (primary N) is 1. The molecule has 0 aliphatic rings. The number of hydrazine groups is 1. The van der Waals surface area contributed by atoms with Crippen LogP contribution in [0.2, 0.25) is 0 Å². The van der Waals surface area contributed by atoms with E-state index < -0.39 is 0 Å². The summed E-state index contributed by atoms with van der Waals surface area (Å²) in [5, 5.41) is 0. The summed E-state index contributed by atoms with van der Waals surface area (Å²) in [7, 11) is 2.00. The zero-order valence-corrected chi connectivity index (χ0v) is 10.9. The first kappa shape index (κ1) is 12.9. The topological polar surface area (TPSA) is 69.0 Å². The number of nitrogens with one attached hydrogen (secondary N) is 1. The summed E-state index contributed by atoms with van der Waals surface area (Å²) in [4.78, 5) is 4.30.